The van der Waals surface area contributed by atoms with Gasteiger partial charge in [0.25, 0.3) is 0 Å². The summed E-state index contributed by atoms with van der Waals surface area (Å²) in [6, 6.07) is 0. The standard InChI is InChI=1S/C26H54/c1-4-7-10-12-14-16-18-20-22-25-26(23-9-6-3)24-21-19-17-15-13-11-8-5-2/h26H,4-25H2,1-3H3. The van der Waals surface area contributed by atoms with Gasteiger partial charge in [-0.2, -0.15) is 0 Å². The lowest BCUT2D eigenvalue weighted by molar-refractivity contribution is 0.370. The molecule has 0 aliphatic rings. The Hall–Kier alpha value is 0. The van der Waals surface area contributed by atoms with E-state index in [1.165, 1.54) is 141 Å². The van der Waals surface area contributed by atoms with E-state index in [0.717, 1.165) is 5.92 Å². The van der Waals surface area contributed by atoms with Crippen molar-refractivity contribution in [2.24, 2.45) is 5.92 Å². The highest BCUT2D eigenvalue weighted by Gasteiger charge is 2.08. The third kappa shape index (κ3) is 20.3. The maximum absolute atomic E-state index is 2.35. The largest absolute Gasteiger partial charge is 0.0654 e. The molecule has 0 aromatic carbocycles. The zero-order chi connectivity index (χ0) is 19.1. The number of hydrogen-bond acceptors (Lipinski definition) is 0. The first-order valence-electron chi connectivity index (χ1n) is 12.8. The Morgan fingerprint density at radius 1 is 0.308 bits per heavy atom. The highest BCUT2D eigenvalue weighted by atomic mass is 14.1. The molecule has 0 spiro atoms. The Morgan fingerprint density at radius 2 is 0.577 bits per heavy atom. The van der Waals surface area contributed by atoms with Gasteiger partial charge in [-0.1, -0.05) is 162 Å². The molecule has 1 atom stereocenters. The molecule has 0 radical (unpaired) electrons. The molecular weight excluding hydrogens is 312 g/mol. The number of unbranched alkanes of at least 4 members (excludes halogenated alkanes) is 16. The molecule has 0 saturated carbocycles. The Bertz CT molecular complexity index is 232. The van der Waals surface area contributed by atoms with E-state index in [2.05, 4.69) is 20.8 Å². The molecule has 0 aromatic rings. The van der Waals surface area contributed by atoms with Crippen molar-refractivity contribution in [1.29, 1.82) is 0 Å². The Morgan fingerprint density at radius 3 is 0.923 bits per heavy atom. The molecule has 0 heterocycles. The Balaban J connectivity index is 3.53. The molecule has 0 saturated heterocycles. The van der Waals surface area contributed by atoms with Gasteiger partial charge in [0, 0.05) is 0 Å². The summed E-state index contributed by atoms with van der Waals surface area (Å²) in [4.78, 5) is 0. The SMILES string of the molecule is CCCCCCCCCCCC(CCCC)CCCCCCCCCC. The summed E-state index contributed by atoms with van der Waals surface area (Å²) in [5.74, 6) is 1.04. The normalized spacial score (nSPS) is 12.6. The van der Waals surface area contributed by atoms with Crippen molar-refractivity contribution in [3.63, 3.8) is 0 Å². The fourth-order valence-corrected chi connectivity index (χ4v) is 4.24. The monoisotopic (exact) mass is 366 g/mol. The van der Waals surface area contributed by atoms with Crippen molar-refractivity contribution in [1.82, 2.24) is 0 Å². The molecular formula is C26H54. The molecule has 0 aromatic heterocycles. The van der Waals surface area contributed by atoms with Gasteiger partial charge in [0.1, 0.15) is 0 Å². The van der Waals surface area contributed by atoms with Crippen LogP contribution in [0, 0.1) is 5.92 Å². The van der Waals surface area contributed by atoms with E-state index in [1.54, 1.807) is 0 Å². The highest BCUT2D eigenvalue weighted by molar-refractivity contribution is 4.61. The molecule has 0 aliphatic heterocycles. The van der Waals surface area contributed by atoms with E-state index >= 15 is 0 Å². The molecule has 0 fully saturated rings. The summed E-state index contributed by atoms with van der Waals surface area (Å²) >= 11 is 0. The van der Waals surface area contributed by atoms with Crippen LogP contribution in [0.3, 0.4) is 0 Å². The second-order valence-electron chi connectivity index (χ2n) is 8.89. The third-order valence-corrected chi connectivity index (χ3v) is 6.15. The van der Waals surface area contributed by atoms with E-state index in [-0.39, 0.29) is 0 Å². The predicted octanol–water partition coefficient (Wildman–Crippen LogP) is 10.2. The molecule has 0 nitrogen and oxygen atoms in total. The van der Waals surface area contributed by atoms with Crippen LogP contribution in [0.15, 0.2) is 0 Å². The quantitative estimate of drug-likeness (QED) is 0.167. The Labute approximate surface area is 168 Å². The lowest BCUT2D eigenvalue weighted by atomic mass is 9.90. The maximum Gasteiger partial charge on any atom is -0.0414 e. The van der Waals surface area contributed by atoms with Crippen LogP contribution in [0.25, 0.3) is 0 Å². The average Bonchev–Trinajstić information content (AvgIpc) is 2.66. The minimum absolute atomic E-state index is 1.04. The fraction of sp³-hybridized carbons (Fsp3) is 1.00. The van der Waals surface area contributed by atoms with Crippen molar-refractivity contribution < 1.29 is 0 Å². The molecule has 158 valence electrons. The first-order chi connectivity index (χ1) is 12.8. The average molecular weight is 367 g/mol. The van der Waals surface area contributed by atoms with E-state index in [0.29, 0.717) is 0 Å². The van der Waals surface area contributed by atoms with E-state index in [1.807, 2.05) is 0 Å². The zero-order valence-corrected chi connectivity index (χ0v) is 19.1. The second kappa shape index (κ2) is 23.0. The summed E-state index contributed by atoms with van der Waals surface area (Å²) in [5.41, 5.74) is 0. The molecule has 0 amide bonds. The van der Waals surface area contributed by atoms with E-state index in [9.17, 15) is 0 Å². The number of rotatable bonds is 22. The van der Waals surface area contributed by atoms with Gasteiger partial charge in [0.15, 0.2) is 0 Å². The van der Waals surface area contributed by atoms with Crippen molar-refractivity contribution in [2.75, 3.05) is 0 Å². The zero-order valence-electron chi connectivity index (χ0n) is 19.1. The minimum Gasteiger partial charge on any atom is -0.0654 e. The maximum atomic E-state index is 2.35. The molecule has 1 unspecified atom stereocenters. The van der Waals surface area contributed by atoms with Gasteiger partial charge < -0.3 is 0 Å². The van der Waals surface area contributed by atoms with Gasteiger partial charge >= 0.3 is 0 Å². The number of hydrogen-bond donors (Lipinski definition) is 0. The third-order valence-electron chi connectivity index (χ3n) is 6.15. The summed E-state index contributed by atoms with van der Waals surface area (Å²) in [6.45, 7) is 6.97. The summed E-state index contributed by atoms with van der Waals surface area (Å²) in [5, 5.41) is 0. The van der Waals surface area contributed by atoms with Gasteiger partial charge in [0.2, 0.25) is 0 Å². The van der Waals surface area contributed by atoms with Crippen LogP contribution in [0.2, 0.25) is 0 Å². The smallest absolute Gasteiger partial charge is 0.0414 e. The van der Waals surface area contributed by atoms with Crippen LogP contribution in [0.4, 0.5) is 0 Å². The van der Waals surface area contributed by atoms with E-state index in [4.69, 9.17) is 0 Å². The first-order valence-corrected chi connectivity index (χ1v) is 12.8. The molecule has 0 N–H and O–H groups in total. The van der Waals surface area contributed by atoms with Gasteiger partial charge in [-0.25, -0.2) is 0 Å². The summed E-state index contributed by atoms with van der Waals surface area (Å²) in [6.07, 6.45) is 32.3. The summed E-state index contributed by atoms with van der Waals surface area (Å²) < 4.78 is 0. The lowest BCUT2D eigenvalue weighted by Crippen LogP contribution is -2.01. The van der Waals surface area contributed by atoms with Gasteiger partial charge in [0.05, 0.1) is 0 Å². The van der Waals surface area contributed by atoms with Crippen molar-refractivity contribution in [3.8, 4) is 0 Å². The molecule has 0 aliphatic carbocycles. The van der Waals surface area contributed by atoms with Crippen LogP contribution < -0.4 is 0 Å². The predicted molar refractivity (Wildman–Crippen MR) is 122 cm³/mol. The van der Waals surface area contributed by atoms with E-state index < -0.39 is 0 Å². The van der Waals surface area contributed by atoms with Gasteiger partial charge in [-0.05, 0) is 5.92 Å². The lowest BCUT2D eigenvalue weighted by Gasteiger charge is -2.16. The Kier molecular flexibility index (Phi) is 23.0. The van der Waals surface area contributed by atoms with Crippen LogP contribution >= 0.6 is 0 Å². The highest BCUT2D eigenvalue weighted by Crippen LogP contribution is 2.24. The van der Waals surface area contributed by atoms with Gasteiger partial charge in [-0.3, -0.25) is 0 Å². The molecule has 0 heteroatoms. The molecule has 0 rings (SSSR count). The topological polar surface area (TPSA) is 0 Å². The van der Waals surface area contributed by atoms with Crippen molar-refractivity contribution in [2.45, 2.75) is 162 Å². The fourth-order valence-electron chi connectivity index (χ4n) is 4.24. The van der Waals surface area contributed by atoms with Crippen molar-refractivity contribution >= 4 is 0 Å². The van der Waals surface area contributed by atoms with Crippen molar-refractivity contribution in [3.05, 3.63) is 0 Å². The van der Waals surface area contributed by atoms with Crippen LogP contribution in [0.5, 0.6) is 0 Å². The molecule has 0 bridgehead atoms. The summed E-state index contributed by atoms with van der Waals surface area (Å²) in [7, 11) is 0. The first kappa shape index (κ1) is 26.0. The van der Waals surface area contributed by atoms with Crippen LogP contribution in [0.1, 0.15) is 162 Å². The second-order valence-corrected chi connectivity index (χ2v) is 8.89. The molecule has 26 heavy (non-hydrogen) atoms. The van der Waals surface area contributed by atoms with Gasteiger partial charge in [-0.15, -0.1) is 0 Å². The minimum atomic E-state index is 1.04. The van der Waals surface area contributed by atoms with Crippen LogP contribution in [-0.4, -0.2) is 0 Å². The van der Waals surface area contributed by atoms with Crippen LogP contribution in [-0.2, 0) is 0 Å².